The van der Waals surface area contributed by atoms with Gasteiger partial charge in [-0.15, -0.1) is 0 Å². The Bertz CT molecular complexity index is 3800. The zero-order chi connectivity index (χ0) is 57.3. The zero-order valence-corrected chi connectivity index (χ0v) is 40.8. The fourth-order valence-electron chi connectivity index (χ4n) is 10.0. The Hall–Kier alpha value is -7.43. The van der Waals surface area contributed by atoms with Crippen LogP contribution in [0.15, 0.2) is 175 Å². The molecule has 0 spiro atoms. The molecule has 4 heteroatoms. The number of aromatic nitrogens is 3. The average molecular weight is 924 g/mol. The van der Waals surface area contributed by atoms with Crippen LogP contribution in [-0.4, -0.2) is 15.0 Å². The van der Waals surface area contributed by atoms with E-state index < -0.39 is 37.3 Å². The molecular weight excluding hydrogens is 851 g/mol. The van der Waals surface area contributed by atoms with Gasteiger partial charge in [0.1, 0.15) is 11.2 Å². The van der Waals surface area contributed by atoms with Gasteiger partial charge >= 0.3 is 0 Å². The molecule has 0 radical (unpaired) electrons. The minimum absolute atomic E-state index is 0.0975. The van der Waals surface area contributed by atoms with Crippen molar-refractivity contribution in [3.63, 3.8) is 0 Å². The molecule has 0 saturated carbocycles. The second-order valence-corrected chi connectivity index (χ2v) is 19.8. The van der Waals surface area contributed by atoms with Gasteiger partial charge in [-0.2, -0.15) is 0 Å². The Balaban J connectivity index is 1.16. The lowest BCUT2D eigenvalue weighted by atomic mass is 9.72. The number of para-hydroxylation sites is 1. The van der Waals surface area contributed by atoms with Crippen molar-refractivity contribution < 1.29 is 18.1 Å². The number of rotatable bonds is 13. The number of nitrogens with zero attached hydrogens (tertiary/aromatic N) is 3. The van der Waals surface area contributed by atoms with Crippen molar-refractivity contribution in [3.8, 4) is 44.9 Å². The highest BCUT2D eigenvalue weighted by Crippen LogP contribution is 2.41. The lowest BCUT2D eigenvalue weighted by molar-refractivity contribution is 0.507. The predicted molar refractivity (Wildman–Crippen MR) is 293 cm³/mol. The number of furan rings is 1. The molecule has 0 aliphatic heterocycles. The summed E-state index contributed by atoms with van der Waals surface area (Å²) in [6.45, 7) is 9.32. The van der Waals surface area contributed by atoms with Gasteiger partial charge in [0.05, 0.1) is 17.1 Å². The first kappa shape index (κ1) is 35.6. The van der Waals surface area contributed by atoms with E-state index in [-0.39, 0.29) is 39.0 Å². The third-order valence-corrected chi connectivity index (χ3v) is 14.3. The van der Waals surface area contributed by atoms with Gasteiger partial charge in [0.25, 0.3) is 0 Å². The van der Waals surface area contributed by atoms with Crippen LogP contribution in [0.5, 0.6) is 0 Å². The van der Waals surface area contributed by atoms with E-state index in [0.29, 0.717) is 51.6 Å². The van der Waals surface area contributed by atoms with Crippen molar-refractivity contribution >= 4 is 21.9 Å². The summed E-state index contributed by atoms with van der Waals surface area (Å²) in [4.78, 5) is 14.6. The Labute approximate surface area is 428 Å². The summed E-state index contributed by atoms with van der Waals surface area (Å²) in [5.74, 6) is 0. The smallest absolute Gasteiger partial charge is 0.138 e. The van der Waals surface area contributed by atoms with Crippen LogP contribution in [0.25, 0.3) is 66.8 Å². The zero-order valence-electron chi connectivity index (χ0n) is 50.8. The lowest BCUT2D eigenvalue weighted by Crippen LogP contribution is -2.26. The van der Waals surface area contributed by atoms with Crippen LogP contribution in [0.1, 0.15) is 103 Å². The SMILES string of the molecule is [2H]C([2H])([2H])c1ccc(-c2cc(-c3ccc4c(oc5ccccc54)c3C([2H])([2H])[2H])c(C([2H])([2H])C([2H])([2H])c3c(C)c(CC(C)(C)c4ccc(-c5ccccc5)nc4)c(C)c(CC(C)(C)c4ccc(-c5ccccc5)nc4)c3C)cn2)cc1. The summed E-state index contributed by atoms with van der Waals surface area (Å²) in [5, 5.41) is 1.27. The van der Waals surface area contributed by atoms with Gasteiger partial charge in [0.15, 0.2) is 0 Å². The molecule has 0 aliphatic rings. The second-order valence-electron chi connectivity index (χ2n) is 19.8. The third-order valence-electron chi connectivity index (χ3n) is 14.3. The van der Waals surface area contributed by atoms with Crippen molar-refractivity contribution in [2.24, 2.45) is 0 Å². The topological polar surface area (TPSA) is 51.8 Å². The highest BCUT2D eigenvalue weighted by molar-refractivity contribution is 6.07. The fraction of sp³-hybridized carbons (Fsp3) is 0.227. The third kappa shape index (κ3) is 9.00. The molecule has 10 aromatic rings. The molecule has 0 bridgehead atoms. The molecule has 4 nitrogen and oxygen atoms in total. The number of fused-ring (bicyclic) bond motifs is 3. The van der Waals surface area contributed by atoms with E-state index in [4.69, 9.17) is 27.6 Å². The maximum Gasteiger partial charge on any atom is 0.138 e. The van der Waals surface area contributed by atoms with Crippen molar-refractivity contribution in [3.05, 3.63) is 231 Å². The largest absolute Gasteiger partial charge is 0.456 e. The van der Waals surface area contributed by atoms with E-state index in [0.717, 1.165) is 50.3 Å². The predicted octanol–water partition coefficient (Wildman–Crippen LogP) is 16.8. The summed E-state index contributed by atoms with van der Waals surface area (Å²) in [6.07, 6.45) is 0.355. The van der Waals surface area contributed by atoms with Crippen LogP contribution in [0.2, 0.25) is 0 Å². The summed E-state index contributed by atoms with van der Waals surface area (Å²) in [7, 11) is 0. The van der Waals surface area contributed by atoms with Crippen LogP contribution in [0, 0.1) is 34.5 Å². The van der Waals surface area contributed by atoms with E-state index in [9.17, 15) is 5.48 Å². The summed E-state index contributed by atoms with van der Waals surface area (Å²) in [5.41, 5.74) is 10.2. The molecule has 4 heterocycles. The van der Waals surface area contributed by atoms with Gasteiger partial charge in [-0.05, 0) is 162 Å². The first-order chi connectivity index (χ1) is 37.7. The second kappa shape index (κ2) is 18.8. The quantitative estimate of drug-likeness (QED) is 0.116. The van der Waals surface area contributed by atoms with Crippen LogP contribution >= 0.6 is 0 Å². The van der Waals surface area contributed by atoms with Gasteiger partial charge in [-0.3, -0.25) is 15.0 Å². The fourth-order valence-corrected chi connectivity index (χ4v) is 10.0. The number of aryl methyl sites for hydroxylation is 3. The first-order valence-electron chi connectivity index (χ1n) is 28.9. The number of hydrogen-bond donors (Lipinski definition) is 0. The highest BCUT2D eigenvalue weighted by Gasteiger charge is 2.30. The van der Waals surface area contributed by atoms with E-state index in [2.05, 4.69) is 46.8 Å². The number of benzene rings is 6. The van der Waals surface area contributed by atoms with E-state index >= 15 is 0 Å². The molecule has 0 atom stereocenters. The Morgan fingerprint density at radius 3 is 1.57 bits per heavy atom. The molecular formula is C66H63N3O. The van der Waals surface area contributed by atoms with Crippen molar-refractivity contribution in [1.29, 1.82) is 0 Å². The first-order valence-corrected chi connectivity index (χ1v) is 23.9. The summed E-state index contributed by atoms with van der Waals surface area (Å²) in [6, 6.07) is 46.7. The Kier molecular flexibility index (Phi) is 9.58. The molecule has 0 amide bonds. The molecule has 0 saturated heterocycles. The van der Waals surface area contributed by atoms with E-state index in [1.807, 2.05) is 111 Å². The Morgan fingerprint density at radius 2 is 1.01 bits per heavy atom. The van der Waals surface area contributed by atoms with Gasteiger partial charge in [-0.1, -0.05) is 155 Å². The van der Waals surface area contributed by atoms with Gasteiger partial charge in [0, 0.05) is 65.3 Å². The van der Waals surface area contributed by atoms with Gasteiger partial charge in [0.2, 0.25) is 0 Å². The van der Waals surface area contributed by atoms with Gasteiger partial charge in [-0.25, -0.2) is 0 Å². The van der Waals surface area contributed by atoms with Crippen LogP contribution in [-0.2, 0) is 36.4 Å². The normalized spacial score (nSPS) is 14.9. The van der Waals surface area contributed by atoms with Crippen LogP contribution in [0.4, 0.5) is 0 Å². The van der Waals surface area contributed by atoms with E-state index in [1.54, 1.807) is 42.5 Å². The molecule has 10 rings (SSSR count). The molecule has 0 unspecified atom stereocenters. The van der Waals surface area contributed by atoms with Crippen molar-refractivity contribution in [2.75, 3.05) is 0 Å². The molecule has 0 N–H and O–H groups in total. The molecule has 4 aromatic heterocycles. The average Bonchev–Trinajstić information content (AvgIpc) is 3.83. The van der Waals surface area contributed by atoms with Crippen molar-refractivity contribution in [1.82, 2.24) is 15.0 Å². The molecule has 70 heavy (non-hydrogen) atoms. The maximum atomic E-state index is 10.5. The van der Waals surface area contributed by atoms with Crippen LogP contribution in [0.3, 0.4) is 0 Å². The summed E-state index contributed by atoms with van der Waals surface area (Å²) < 4.78 is 99.0. The molecule has 0 fully saturated rings. The number of pyridine rings is 3. The van der Waals surface area contributed by atoms with Crippen LogP contribution < -0.4 is 0 Å². The monoisotopic (exact) mass is 924 g/mol. The number of hydrogen-bond acceptors (Lipinski definition) is 4. The lowest BCUT2D eigenvalue weighted by Gasteiger charge is -2.33. The van der Waals surface area contributed by atoms with Crippen molar-refractivity contribution in [2.45, 2.75) is 98.6 Å². The maximum absolute atomic E-state index is 10.5. The molecule has 348 valence electrons. The van der Waals surface area contributed by atoms with Gasteiger partial charge < -0.3 is 4.42 Å². The van der Waals surface area contributed by atoms with E-state index in [1.165, 1.54) is 18.3 Å². The molecule has 6 aromatic carbocycles. The minimum Gasteiger partial charge on any atom is -0.456 e. The highest BCUT2D eigenvalue weighted by atomic mass is 16.3. The summed E-state index contributed by atoms with van der Waals surface area (Å²) >= 11 is 0. The minimum atomic E-state index is -2.90. The molecule has 0 aliphatic carbocycles. The standard InChI is InChI=1S/C66H63N3O/c1-42-24-26-49(27-25-42)62-36-57(54-32-33-56-55-22-16-17-23-63(55)70-64(56)46(54)5)50(39-67-62)28-31-53-43(2)58(37-65(6,7)51-29-34-60(68-40-51)47-18-12-10-13-19-47)45(4)59(44(53)3)38-66(8,9)52-30-35-61(69-41-52)48-20-14-11-15-21-48/h10-27,29-30,32-36,39-41H,28,31,37-38H2,1-9H3/i1D3,5D3,28D2,31D2. The Morgan fingerprint density at radius 1 is 0.471 bits per heavy atom.